The molecule has 2 N–H and O–H groups in total. The van der Waals surface area contributed by atoms with Gasteiger partial charge in [0.05, 0.1) is 5.69 Å². The number of hydrogen-bond acceptors (Lipinski definition) is 3. The topological polar surface area (TPSA) is 63.1 Å². The number of hydrogen-bond donors (Lipinski definition) is 1. The summed E-state index contributed by atoms with van der Waals surface area (Å²) in [5, 5.41) is 10.5. The fourth-order valence-corrected chi connectivity index (χ4v) is 0.617. The Hall–Kier alpha value is -1.19. The van der Waals surface area contributed by atoms with Gasteiger partial charge in [-0.1, -0.05) is 18.2 Å². The third-order valence-electron chi connectivity index (χ3n) is 1.05. The van der Waals surface area contributed by atoms with Gasteiger partial charge in [-0.05, 0) is 12.1 Å². The van der Waals surface area contributed by atoms with E-state index in [0.717, 1.165) is 5.69 Å². The quantitative estimate of drug-likeness (QED) is 0.199. The van der Waals surface area contributed by atoms with Gasteiger partial charge in [0.15, 0.2) is 6.34 Å². The average molecular weight is 212 g/mol. The summed E-state index contributed by atoms with van der Waals surface area (Å²) in [6.45, 7) is 0. The third-order valence-corrected chi connectivity index (χ3v) is 1.05. The van der Waals surface area contributed by atoms with Gasteiger partial charge in [-0.15, -0.1) is 10.2 Å². The van der Waals surface area contributed by atoms with Crippen molar-refractivity contribution in [3.05, 3.63) is 30.3 Å². The Bertz CT molecular complexity index is 257. The van der Waals surface area contributed by atoms with Crippen LogP contribution in [-0.4, -0.2) is 6.34 Å². The van der Waals surface area contributed by atoms with E-state index < -0.39 is 0 Å². The number of azo groups is 1. The van der Waals surface area contributed by atoms with Crippen LogP contribution in [0.1, 0.15) is 0 Å². The van der Waals surface area contributed by atoms with E-state index in [1.54, 1.807) is 0 Å². The van der Waals surface area contributed by atoms with E-state index in [2.05, 4.69) is 15.3 Å². The van der Waals surface area contributed by atoms with Gasteiger partial charge in [0.2, 0.25) is 0 Å². The van der Waals surface area contributed by atoms with E-state index in [1.165, 1.54) is 6.34 Å². The van der Waals surface area contributed by atoms with Gasteiger partial charge < -0.3 is 5.84 Å². The zero-order valence-corrected chi connectivity index (χ0v) is 7.13. The maximum absolute atomic E-state index is 4.81. The molecule has 0 amide bonds. The minimum absolute atomic E-state index is 0. The Morgan fingerprint density at radius 2 is 1.83 bits per heavy atom. The first kappa shape index (κ1) is 10.8. The van der Waals surface area contributed by atoms with E-state index in [-0.39, 0.29) is 17.1 Å². The molecule has 0 atom stereocenters. The van der Waals surface area contributed by atoms with Gasteiger partial charge in [0.25, 0.3) is 0 Å². The molecule has 1 radical (unpaired) electrons. The minimum Gasteiger partial charge on any atom is -0.322 e. The van der Waals surface area contributed by atoms with Crippen LogP contribution in [0.3, 0.4) is 0 Å². The summed E-state index contributed by atoms with van der Waals surface area (Å²) in [4.78, 5) is 0. The molecule has 1 rings (SSSR count). The molecule has 0 heterocycles. The average Bonchev–Trinajstić information content (AvgIpc) is 2.07. The van der Waals surface area contributed by atoms with Crippen molar-refractivity contribution in [2.45, 2.75) is 0 Å². The fourth-order valence-electron chi connectivity index (χ4n) is 0.617. The Balaban J connectivity index is 0.00000121. The molecule has 4 nitrogen and oxygen atoms in total. The van der Waals surface area contributed by atoms with Crippen LogP contribution in [0.4, 0.5) is 5.69 Å². The van der Waals surface area contributed by atoms with Crippen LogP contribution in [-0.2, 0) is 17.1 Å². The van der Waals surface area contributed by atoms with E-state index in [9.17, 15) is 0 Å². The Kier molecular flexibility index (Phi) is 5.87. The van der Waals surface area contributed by atoms with Gasteiger partial charge >= 0.3 is 0 Å². The molecule has 0 fully saturated rings. The van der Waals surface area contributed by atoms with E-state index >= 15 is 0 Å². The first-order valence-electron chi connectivity index (χ1n) is 3.11. The number of benzene rings is 1. The first-order chi connectivity index (χ1) is 5.43. The molecule has 0 saturated carbocycles. The van der Waals surface area contributed by atoms with E-state index in [1.807, 2.05) is 30.3 Å². The van der Waals surface area contributed by atoms with Crippen LogP contribution in [0.15, 0.2) is 45.7 Å². The molecule has 5 heteroatoms. The number of rotatable bonds is 2. The molecule has 1 aromatic rings. The molecule has 0 unspecified atom stereocenters. The summed E-state index contributed by atoms with van der Waals surface area (Å²) in [7, 11) is 0. The van der Waals surface area contributed by atoms with Crippen molar-refractivity contribution in [1.82, 2.24) is 0 Å². The van der Waals surface area contributed by atoms with Crippen LogP contribution in [0.25, 0.3) is 0 Å². The van der Waals surface area contributed by atoms with Crippen molar-refractivity contribution in [2.75, 3.05) is 0 Å². The number of hydrazone groups is 1. The predicted molar refractivity (Wildman–Crippen MR) is 43.6 cm³/mol. The van der Waals surface area contributed by atoms with E-state index in [4.69, 9.17) is 5.84 Å². The van der Waals surface area contributed by atoms with Crippen molar-refractivity contribution in [1.29, 1.82) is 0 Å². The Labute approximate surface area is 81.0 Å². The molecule has 0 aliphatic rings. The molecular weight excluding hydrogens is 204 g/mol. The molecule has 1 aromatic carbocycles. The van der Waals surface area contributed by atoms with Gasteiger partial charge in [-0.25, -0.2) is 0 Å². The van der Waals surface area contributed by atoms with Crippen molar-refractivity contribution in [2.24, 2.45) is 21.2 Å². The predicted octanol–water partition coefficient (Wildman–Crippen LogP) is 1.67. The molecule has 0 bridgehead atoms. The standard InChI is InChI=1S/C7H8N4.Cu/c8-9-6-10-11-7-4-2-1-3-5-7;/h1-6H,8H2;. The van der Waals surface area contributed by atoms with Gasteiger partial charge in [0, 0.05) is 17.1 Å². The SMILES string of the molecule is NN=CN=Nc1ccccc1.[Cu]. The largest absolute Gasteiger partial charge is 0.322 e. The monoisotopic (exact) mass is 211 g/mol. The second kappa shape index (κ2) is 6.52. The van der Waals surface area contributed by atoms with Crippen LogP contribution < -0.4 is 5.84 Å². The van der Waals surface area contributed by atoms with E-state index in [0.29, 0.717) is 0 Å². The van der Waals surface area contributed by atoms with Crippen LogP contribution in [0.5, 0.6) is 0 Å². The van der Waals surface area contributed by atoms with Crippen molar-refractivity contribution < 1.29 is 17.1 Å². The summed E-state index contributed by atoms with van der Waals surface area (Å²) in [5.74, 6) is 4.81. The first-order valence-corrected chi connectivity index (χ1v) is 3.11. The molecule has 67 valence electrons. The maximum atomic E-state index is 4.81. The third kappa shape index (κ3) is 3.85. The summed E-state index contributed by atoms with van der Waals surface area (Å²) >= 11 is 0. The molecule has 0 aromatic heterocycles. The van der Waals surface area contributed by atoms with Crippen molar-refractivity contribution in [3.63, 3.8) is 0 Å². The van der Waals surface area contributed by atoms with Gasteiger partial charge in [-0.2, -0.15) is 5.10 Å². The number of nitrogens with two attached hydrogens (primary N) is 1. The van der Waals surface area contributed by atoms with Crippen LogP contribution in [0, 0.1) is 0 Å². The summed E-state index contributed by atoms with van der Waals surface area (Å²) in [6.07, 6.45) is 1.19. The normalized spacial score (nSPS) is 10.3. The summed E-state index contributed by atoms with van der Waals surface area (Å²) in [6, 6.07) is 9.36. The van der Waals surface area contributed by atoms with Crippen LogP contribution in [0.2, 0.25) is 0 Å². The molecule has 0 spiro atoms. The summed E-state index contributed by atoms with van der Waals surface area (Å²) < 4.78 is 0. The van der Waals surface area contributed by atoms with Gasteiger partial charge in [0.1, 0.15) is 0 Å². The zero-order valence-electron chi connectivity index (χ0n) is 6.18. The second-order valence-electron chi connectivity index (χ2n) is 1.82. The maximum Gasteiger partial charge on any atom is 0.157 e. The van der Waals surface area contributed by atoms with Crippen LogP contribution >= 0.6 is 0 Å². The van der Waals surface area contributed by atoms with Crippen molar-refractivity contribution >= 4 is 12.0 Å². The molecule has 12 heavy (non-hydrogen) atoms. The molecular formula is C7H8CuN4. The number of nitrogens with zero attached hydrogens (tertiary/aromatic N) is 3. The second-order valence-corrected chi connectivity index (χ2v) is 1.82. The summed E-state index contributed by atoms with van der Waals surface area (Å²) in [5.41, 5.74) is 0.785. The Morgan fingerprint density at radius 3 is 2.42 bits per heavy atom. The molecule has 0 aliphatic heterocycles. The molecule has 0 aliphatic carbocycles. The van der Waals surface area contributed by atoms with Crippen molar-refractivity contribution in [3.8, 4) is 0 Å². The van der Waals surface area contributed by atoms with Gasteiger partial charge in [-0.3, -0.25) is 0 Å². The smallest absolute Gasteiger partial charge is 0.157 e. The zero-order chi connectivity index (χ0) is 7.94. The Morgan fingerprint density at radius 1 is 1.17 bits per heavy atom. The molecule has 0 saturated heterocycles. The fraction of sp³-hybridized carbons (Fsp3) is 0. The minimum atomic E-state index is 0.